The minimum Gasteiger partial charge on any atom is -0.344 e. The summed E-state index contributed by atoms with van der Waals surface area (Å²) in [6.07, 6.45) is 2.29. The zero-order valence-corrected chi connectivity index (χ0v) is 13.5. The average Bonchev–Trinajstić information content (AvgIpc) is 3.12. The van der Waals surface area contributed by atoms with Gasteiger partial charge in [0.05, 0.1) is 5.54 Å². The van der Waals surface area contributed by atoms with E-state index in [0.717, 1.165) is 18.5 Å². The number of nitrogens with one attached hydrogen (secondary N) is 1. The van der Waals surface area contributed by atoms with E-state index in [-0.39, 0.29) is 23.9 Å². The van der Waals surface area contributed by atoms with Crippen LogP contribution in [0.1, 0.15) is 55.7 Å². The first-order valence-corrected chi connectivity index (χ1v) is 6.94. The highest BCUT2D eigenvalue weighted by molar-refractivity contribution is 5.93. The first-order chi connectivity index (χ1) is 8.87. The van der Waals surface area contributed by atoms with Crippen molar-refractivity contribution in [2.75, 3.05) is 6.54 Å². The van der Waals surface area contributed by atoms with Crippen molar-refractivity contribution < 1.29 is 4.79 Å². The molecule has 0 saturated heterocycles. The number of hydrogen-bond donors (Lipinski definition) is 2. The highest BCUT2D eigenvalue weighted by Crippen LogP contribution is 2.39. The van der Waals surface area contributed by atoms with Crippen molar-refractivity contribution >= 4 is 18.3 Å². The maximum Gasteiger partial charge on any atom is 0.272 e. The van der Waals surface area contributed by atoms with Crippen molar-refractivity contribution in [3.8, 4) is 0 Å². The number of nitrogens with two attached hydrogens (primary N) is 1. The molecule has 1 heterocycles. The molecule has 0 spiro atoms. The number of aryl methyl sites for hydroxylation is 1. The molecule has 0 aromatic carbocycles. The molecule has 2 rings (SSSR count). The minimum atomic E-state index is -0.299. The first kappa shape index (κ1) is 17.0. The second-order valence-electron chi connectivity index (χ2n) is 6.08. The molecule has 1 aliphatic carbocycles. The highest BCUT2D eigenvalue weighted by atomic mass is 35.5. The Morgan fingerprint density at radius 2 is 2.20 bits per heavy atom. The number of carbonyl (C=O) groups is 1. The maximum absolute atomic E-state index is 12.3. The molecule has 1 aromatic heterocycles. The Bertz CT molecular complexity index is 482. The van der Waals surface area contributed by atoms with E-state index in [1.165, 1.54) is 0 Å². The third kappa shape index (κ3) is 3.33. The lowest BCUT2D eigenvalue weighted by Crippen LogP contribution is -2.53. The zero-order chi connectivity index (χ0) is 14.2. The van der Waals surface area contributed by atoms with Gasteiger partial charge in [-0.25, -0.2) is 0 Å². The summed E-state index contributed by atoms with van der Waals surface area (Å²) in [6.45, 7) is 6.67. The summed E-state index contributed by atoms with van der Waals surface area (Å²) in [5, 5.41) is 7.35. The van der Waals surface area contributed by atoms with Gasteiger partial charge in [0.1, 0.15) is 5.69 Å². The molecule has 1 atom stereocenters. The summed E-state index contributed by atoms with van der Waals surface area (Å²) in [4.78, 5) is 12.3. The van der Waals surface area contributed by atoms with Crippen molar-refractivity contribution in [2.24, 2.45) is 18.7 Å². The van der Waals surface area contributed by atoms with Crippen LogP contribution in [0, 0.1) is 5.92 Å². The summed E-state index contributed by atoms with van der Waals surface area (Å²) in [5.74, 6) is 0.737. The van der Waals surface area contributed by atoms with E-state index in [2.05, 4.69) is 24.3 Å². The number of aromatic nitrogens is 2. The van der Waals surface area contributed by atoms with E-state index in [0.29, 0.717) is 24.1 Å². The van der Waals surface area contributed by atoms with Crippen LogP contribution in [0.25, 0.3) is 0 Å². The Hall–Kier alpha value is -1.07. The molecule has 114 valence electrons. The van der Waals surface area contributed by atoms with Crippen LogP contribution >= 0.6 is 12.4 Å². The second-order valence-corrected chi connectivity index (χ2v) is 6.08. The van der Waals surface area contributed by atoms with Crippen molar-refractivity contribution in [2.45, 2.75) is 45.1 Å². The van der Waals surface area contributed by atoms with Crippen LogP contribution in [0.15, 0.2) is 6.07 Å². The summed E-state index contributed by atoms with van der Waals surface area (Å²) in [5.41, 5.74) is 7.06. The van der Waals surface area contributed by atoms with Gasteiger partial charge < -0.3 is 11.1 Å². The molecule has 0 aliphatic heterocycles. The topological polar surface area (TPSA) is 72.9 Å². The van der Waals surface area contributed by atoms with Crippen LogP contribution in [-0.2, 0) is 7.05 Å². The van der Waals surface area contributed by atoms with E-state index in [1.54, 1.807) is 4.68 Å². The molecule has 0 radical (unpaired) electrons. The quantitative estimate of drug-likeness (QED) is 0.871. The van der Waals surface area contributed by atoms with Gasteiger partial charge >= 0.3 is 0 Å². The van der Waals surface area contributed by atoms with Crippen molar-refractivity contribution in [3.05, 3.63) is 17.5 Å². The molecule has 1 aromatic rings. The molecule has 0 bridgehead atoms. The molecule has 3 N–H and O–H groups in total. The lowest BCUT2D eigenvalue weighted by molar-refractivity contribution is 0.0892. The van der Waals surface area contributed by atoms with Gasteiger partial charge in [-0.2, -0.15) is 5.10 Å². The van der Waals surface area contributed by atoms with Crippen LogP contribution in [0.3, 0.4) is 0 Å². The van der Waals surface area contributed by atoms with Crippen LogP contribution in [-0.4, -0.2) is 27.8 Å². The van der Waals surface area contributed by atoms with Gasteiger partial charge in [-0.1, -0.05) is 13.8 Å². The predicted octanol–water partition coefficient (Wildman–Crippen LogP) is 1.82. The summed E-state index contributed by atoms with van der Waals surface area (Å²) in [6, 6.07) is 1.86. The van der Waals surface area contributed by atoms with E-state index in [9.17, 15) is 4.79 Å². The third-order valence-electron chi connectivity index (χ3n) is 4.04. The van der Waals surface area contributed by atoms with Crippen LogP contribution in [0.2, 0.25) is 0 Å². The van der Waals surface area contributed by atoms with E-state index in [1.807, 2.05) is 20.0 Å². The highest BCUT2D eigenvalue weighted by Gasteiger charge is 2.41. The second kappa shape index (κ2) is 6.14. The first-order valence-electron chi connectivity index (χ1n) is 6.94. The van der Waals surface area contributed by atoms with Gasteiger partial charge in [0.15, 0.2) is 0 Å². The van der Waals surface area contributed by atoms with Gasteiger partial charge in [-0.05, 0) is 37.7 Å². The summed E-state index contributed by atoms with van der Waals surface area (Å²) < 4.78 is 1.77. The minimum absolute atomic E-state index is 0. The molecular weight excluding hydrogens is 276 g/mol. The van der Waals surface area contributed by atoms with E-state index < -0.39 is 0 Å². The molecule has 6 heteroatoms. The molecule has 1 fully saturated rings. The largest absolute Gasteiger partial charge is 0.344 e. The normalized spacial score (nSPS) is 17.5. The fourth-order valence-corrected chi connectivity index (χ4v) is 2.50. The fraction of sp³-hybridized carbons (Fsp3) is 0.714. The molecule has 5 nitrogen and oxygen atoms in total. The molecule has 1 aliphatic rings. The average molecular weight is 301 g/mol. The van der Waals surface area contributed by atoms with Crippen molar-refractivity contribution in [1.29, 1.82) is 0 Å². The summed E-state index contributed by atoms with van der Waals surface area (Å²) in [7, 11) is 1.87. The molecule has 1 unspecified atom stereocenters. The number of nitrogens with zero attached hydrogens (tertiary/aromatic N) is 2. The monoisotopic (exact) mass is 300 g/mol. The van der Waals surface area contributed by atoms with E-state index >= 15 is 0 Å². The Labute approximate surface area is 126 Å². The third-order valence-corrected chi connectivity index (χ3v) is 4.04. The SMILES string of the molecule is CC(C)c1cc(C(=O)NC(C)(CN)C2CC2)nn1C.Cl. The lowest BCUT2D eigenvalue weighted by Gasteiger charge is -2.29. The van der Waals surface area contributed by atoms with Gasteiger partial charge in [0.2, 0.25) is 0 Å². The number of rotatable bonds is 5. The van der Waals surface area contributed by atoms with E-state index in [4.69, 9.17) is 5.73 Å². The number of amides is 1. The van der Waals surface area contributed by atoms with Gasteiger partial charge in [-0.3, -0.25) is 9.48 Å². The van der Waals surface area contributed by atoms with Gasteiger partial charge in [0.25, 0.3) is 5.91 Å². The van der Waals surface area contributed by atoms with Crippen LogP contribution < -0.4 is 11.1 Å². The van der Waals surface area contributed by atoms with Gasteiger partial charge in [-0.15, -0.1) is 12.4 Å². The summed E-state index contributed by atoms with van der Waals surface area (Å²) >= 11 is 0. The Morgan fingerprint density at radius 1 is 1.60 bits per heavy atom. The van der Waals surface area contributed by atoms with Crippen molar-refractivity contribution in [3.63, 3.8) is 0 Å². The Balaban J connectivity index is 0.00000200. The number of hydrogen-bond acceptors (Lipinski definition) is 3. The molecule has 1 saturated carbocycles. The zero-order valence-electron chi connectivity index (χ0n) is 12.6. The molecule has 20 heavy (non-hydrogen) atoms. The predicted molar refractivity (Wildman–Crippen MR) is 82.2 cm³/mol. The van der Waals surface area contributed by atoms with Crippen LogP contribution in [0.4, 0.5) is 0 Å². The standard InChI is InChI=1S/C14H24N4O.ClH/c1-9(2)12-7-11(17-18(12)4)13(19)16-14(3,8-15)10-5-6-10;/h7,9-10H,5-6,8,15H2,1-4H3,(H,16,19);1H. The maximum atomic E-state index is 12.3. The van der Waals surface area contributed by atoms with Gasteiger partial charge in [0, 0.05) is 19.3 Å². The fourth-order valence-electron chi connectivity index (χ4n) is 2.50. The number of halogens is 1. The molecule has 1 amide bonds. The molecular formula is C14H25ClN4O. The Kier molecular flexibility index (Phi) is 5.21. The lowest BCUT2D eigenvalue weighted by atomic mass is 9.96. The smallest absolute Gasteiger partial charge is 0.272 e. The van der Waals surface area contributed by atoms with Crippen molar-refractivity contribution in [1.82, 2.24) is 15.1 Å². The number of carbonyl (C=O) groups excluding carboxylic acids is 1. The van der Waals surface area contributed by atoms with Crippen LogP contribution in [0.5, 0.6) is 0 Å². The Morgan fingerprint density at radius 3 is 2.60 bits per heavy atom.